The van der Waals surface area contributed by atoms with Crippen LogP contribution in [0.4, 0.5) is 0 Å². The maximum atomic E-state index is 11.8. The summed E-state index contributed by atoms with van der Waals surface area (Å²) >= 11 is 0. The second-order valence-electron chi connectivity index (χ2n) is 7.50. The Morgan fingerprint density at radius 3 is 2.68 bits per heavy atom. The quantitative estimate of drug-likeness (QED) is 0.399. The number of nitrogens with zero attached hydrogens (tertiary/aromatic N) is 3. The van der Waals surface area contributed by atoms with Gasteiger partial charge >= 0.3 is 0 Å². The molecule has 4 rings (SSSR count). The van der Waals surface area contributed by atoms with Gasteiger partial charge in [-0.3, -0.25) is 19.7 Å². The van der Waals surface area contributed by atoms with Crippen LogP contribution in [0.15, 0.2) is 84.3 Å². The van der Waals surface area contributed by atoms with Gasteiger partial charge in [0.2, 0.25) is 0 Å². The first kappa shape index (κ1) is 20.8. The summed E-state index contributed by atoms with van der Waals surface area (Å²) in [7, 11) is 0. The molecule has 0 amide bonds. The van der Waals surface area contributed by atoms with Crippen molar-refractivity contribution in [3.05, 3.63) is 101 Å². The fourth-order valence-corrected chi connectivity index (χ4v) is 3.59. The molecule has 0 spiro atoms. The van der Waals surface area contributed by atoms with Gasteiger partial charge in [0.25, 0.3) is 5.56 Å². The molecule has 0 aliphatic heterocycles. The Kier molecular flexibility index (Phi) is 7.03. The maximum Gasteiger partial charge on any atom is 0.255 e. The molecular formula is C25H26N4O2. The van der Waals surface area contributed by atoms with E-state index in [9.17, 15) is 4.79 Å². The van der Waals surface area contributed by atoms with E-state index < -0.39 is 0 Å². The summed E-state index contributed by atoms with van der Waals surface area (Å²) in [4.78, 5) is 25.3. The largest absolute Gasteiger partial charge is 0.494 e. The van der Waals surface area contributed by atoms with E-state index in [4.69, 9.17) is 4.74 Å². The number of H-pyrrole nitrogens is 1. The number of hydrogen-bond donors (Lipinski definition) is 1. The smallest absolute Gasteiger partial charge is 0.255 e. The minimum Gasteiger partial charge on any atom is -0.494 e. The first-order valence-electron chi connectivity index (χ1n) is 10.5. The van der Waals surface area contributed by atoms with E-state index in [1.54, 1.807) is 12.4 Å². The zero-order valence-electron chi connectivity index (χ0n) is 17.4. The van der Waals surface area contributed by atoms with Crippen molar-refractivity contribution in [1.29, 1.82) is 0 Å². The number of rotatable bonds is 10. The third-order valence-corrected chi connectivity index (χ3v) is 5.23. The second-order valence-corrected chi connectivity index (χ2v) is 7.50. The summed E-state index contributed by atoms with van der Waals surface area (Å²) < 4.78 is 5.96. The Morgan fingerprint density at radius 1 is 0.935 bits per heavy atom. The average Bonchev–Trinajstić information content (AvgIpc) is 2.81. The van der Waals surface area contributed by atoms with E-state index in [0.29, 0.717) is 12.0 Å². The van der Waals surface area contributed by atoms with Crippen molar-refractivity contribution < 1.29 is 4.74 Å². The van der Waals surface area contributed by atoms with Gasteiger partial charge in [-0.1, -0.05) is 6.07 Å². The van der Waals surface area contributed by atoms with Crippen LogP contribution in [-0.2, 0) is 13.0 Å². The average molecular weight is 415 g/mol. The van der Waals surface area contributed by atoms with Crippen molar-refractivity contribution in [3.63, 3.8) is 0 Å². The van der Waals surface area contributed by atoms with Crippen molar-refractivity contribution >= 4 is 10.8 Å². The summed E-state index contributed by atoms with van der Waals surface area (Å²) in [6.45, 7) is 3.37. The molecule has 0 atom stereocenters. The summed E-state index contributed by atoms with van der Waals surface area (Å²) in [6, 6.07) is 15.7. The monoisotopic (exact) mass is 414 g/mol. The molecule has 6 nitrogen and oxygen atoms in total. The lowest BCUT2D eigenvalue weighted by Gasteiger charge is -2.22. The number of ether oxygens (including phenoxy) is 1. The van der Waals surface area contributed by atoms with E-state index in [1.807, 2.05) is 48.9 Å². The highest BCUT2D eigenvalue weighted by molar-refractivity contribution is 5.82. The minimum absolute atomic E-state index is 0.0792. The summed E-state index contributed by atoms with van der Waals surface area (Å²) in [5, 5.41) is 1.56. The highest BCUT2D eigenvalue weighted by atomic mass is 16.5. The zero-order chi connectivity index (χ0) is 21.3. The van der Waals surface area contributed by atoms with E-state index in [-0.39, 0.29) is 5.56 Å². The van der Waals surface area contributed by atoms with Crippen molar-refractivity contribution in [2.75, 3.05) is 19.7 Å². The van der Waals surface area contributed by atoms with Gasteiger partial charge in [-0.2, -0.15) is 0 Å². The molecule has 0 saturated carbocycles. The van der Waals surface area contributed by atoms with Gasteiger partial charge in [0.15, 0.2) is 0 Å². The first-order chi connectivity index (χ1) is 15.3. The van der Waals surface area contributed by atoms with Gasteiger partial charge in [0, 0.05) is 56.0 Å². The normalized spacial score (nSPS) is 11.1. The van der Waals surface area contributed by atoms with Gasteiger partial charge in [-0.25, -0.2) is 0 Å². The van der Waals surface area contributed by atoms with Crippen LogP contribution in [0, 0.1) is 0 Å². The topological polar surface area (TPSA) is 71.1 Å². The van der Waals surface area contributed by atoms with Crippen LogP contribution in [0.25, 0.3) is 10.8 Å². The number of hydrogen-bond acceptors (Lipinski definition) is 5. The predicted molar refractivity (Wildman–Crippen MR) is 122 cm³/mol. The zero-order valence-corrected chi connectivity index (χ0v) is 17.4. The van der Waals surface area contributed by atoms with Crippen molar-refractivity contribution in [1.82, 2.24) is 19.9 Å². The maximum absolute atomic E-state index is 11.8. The van der Waals surface area contributed by atoms with E-state index in [2.05, 4.69) is 38.1 Å². The Bertz CT molecular complexity index is 1150. The molecule has 0 aliphatic rings. The van der Waals surface area contributed by atoms with Gasteiger partial charge in [0.05, 0.1) is 6.61 Å². The third-order valence-electron chi connectivity index (χ3n) is 5.23. The van der Waals surface area contributed by atoms with Crippen LogP contribution in [-0.4, -0.2) is 39.5 Å². The lowest BCUT2D eigenvalue weighted by molar-refractivity contribution is 0.230. The summed E-state index contributed by atoms with van der Waals surface area (Å²) in [5.74, 6) is 0.786. The van der Waals surface area contributed by atoms with Crippen molar-refractivity contribution in [2.24, 2.45) is 0 Å². The Hall–Kier alpha value is -3.51. The molecule has 0 unspecified atom stereocenters. The Balaban J connectivity index is 1.32. The third kappa shape index (κ3) is 5.99. The molecule has 0 saturated heterocycles. The molecule has 3 aromatic heterocycles. The number of aromatic amines is 1. The Morgan fingerprint density at radius 2 is 1.84 bits per heavy atom. The highest BCUT2D eigenvalue weighted by Gasteiger charge is 2.08. The van der Waals surface area contributed by atoms with Crippen molar-refractivity contribution in [3.8, 4) is 5.75 Å². The van der Waals surface area contributed by atoms with Crippen LogP contribution in [0.5, 0.6) is 5.75 Å². The molecular weight excluding hydrogens is 388 g/mol. The number of aromatic nitrogens is 3. The molecule has 31 heavy (non-hydrogen) atoms. The Labute approximate surface area is 181 Å². The molecule has 1 N–H and O–H groups in total. The molecule has 4 aromatic rings. The fourth-order valence-electron chi connectivity index (χ4n) is 3.59. The molecule has 3 heterocycles. The molecule has 6 heteroatoms. The highest BCUT2D eigenvalue weighted by Crippen LogP contribution is 2.18. The van der Waals surface area contributed by atoms with Gasteiger partial charge in [-0.15, -0.1) is 0 Å². The number of benzene rings is 1. The van der Waals surface area contributed by atoms with Gasteiger partial charge in [-0.05, 0) is 71.8 Å². The minimum atomic E-state index is -0.0792. The summed E-state index contributed by atoms with van der Waals surface area (Å²) in [6.07, 6.45) is 10.9. The lowest BCUT2D eigenvalue weighted by atomic mass is 10.1. The van der Waals surface area contributed by atoms with Crippen LogP contribution in [0.1, 0.15) is 17.5 Å². The molecule has 0 aliphatic carbocycles. The van der Waals surface area contributed by atoms with E-state index >= 15 is 0 Å². The van der Waals surface area contributed by atoms with Gasteiger partial charge in [0.1, 0.15) is 5.75 Å². The molecule has 0 radical (unpaired) electrons. The number of pyridine rings is 3. The number of fused-ring (bicyclic) bond motifs is 1. The van der Waals surface area contributed by atoms with Crippen LogP contribution >= 0.6 is 0 Å². The molecule has 158 valence electrons. The molecule has 0 bridgehead atoms. The first-order valence-corrected chi connectivity index (χ1v) is 10.5. The molecule has 0 fully saturated rings. The van der Waals surface area contributed by atoms with E-state index in [1.165, 1.54) is 11.1 Å². The van der Waals surface area contributed by atoms with Crippen molar-refractivity contribution in [2.45, 2.75) is 19.4 Å². The lowest BCUT2D eigenvalue weighted by Crippen LogP contribution is -2.28. The van der Waals surface area contributed by atoms with Gasteiger partial charge < -0.3 is 9.72 Å². The summed E-state index contributed by atoms with van der Waals surface area (Å²) in [5.41, 5.74) is 2.41. The standard InChI is InChI=1S/C25H26N4O2/c30-25-24-5-4-23(17-22(24)8-13-28-25)31-16-2-14-29(19-21-6-11-26-12-7-21)15-9-20-3-1-10-27-18-20/h1,3-8,10-13,17-18H,2,9,14-16,19H2,(H,28,30). The fraction of sp³-hybridized carbons (Fsp3) is 0.240. The van der Waals surface area contributed by atoms with Crippen LogP contribution in [0.3, 0.4) is 0 Å². The van der Waals surface area contributed by atoms with Crippen LogP contribution < -0.4 is 10.3 Å². The molecule has 1 aromatic carbocycles. The predicted octanol–water partition coefficient (Wildman–Crippen LogP) is 3.83. The van der Waals surface area contributed by atoms with Crippen LogP contribution in [0.2, 0.25) is 0 Å². The SMILES string of the molecule is O=c1[nH]ccc2cc(OCCCN(CCc3cccnc3)Cc3ccncc3)ccc12. The number of nitrogens with one attached hydrogen (secondary N) is 1. The van der Waals surface area contributed by atoms with E-state index in [0.717, 1.165) is 43.6 Å². The second kappa shape index (κ2) is 10.5.